The number of carbonyl (C=O) groups is 6. The molecule has 0 fully saturated rings. The smallest absolute Gasteiger partial charge is 0.405 e. The van der Waals surface area contributed by atoms with E-state index in [1.54, 1.807) is 52.0 Å². The summed E-state index contributed by atoms with van der Waals surface area (Å²) >= 11 is 0. The number of amides is 5. The highest BCUT2D eigenvalue weighted by Gasteiger charge is 2.33. The van der Waals surface area contributed by atoms with Crippen molar-refractivity contribution < 1.29 is 33.9 Å². The van der Waals surface area contributed by atoms with Gasteiger partial charge in [0.2, 0.25) is 23.5 Å². The minimum atomic E-state index is -1.40. The van der Waals surface area contributed by atoms with Crippen LogP contribution in [0.4, 0.5) is 4.79 Å². The van der Waals surface area contributed by atoms with E-state index in [4.69, 9.17) is 16.1 Å². The van der Waals surface area contributed by atoms with Crippen LogP contribution >= 0.6 is 0 Å². The van der Waals surface area contributed by atoms with Crippen LogP contribution in [0.5, 0.6) is 0 Å². The van der Waals surface area contributed by atoms with Crippen molar-refractivity contribution in [2.45, 2.75) is 65.1 Å². The second kappa shape index (κ2) is 15.7. The summed E-state index contributed by atoms with van der Waals surface area (Å²) in [5, 5.41) is 27.1. The van der Waals surface area contributed by atoms with Gasteiger partial charge in [0, 0.05) is 6.42 Å². The first-order valence-corrected chi connectivity index (χ1v) is 12.5. The summed E-state index contributed by atoms with van der Waals surface area (Å²) in [6.07, 6.45) is -0.764. The van der Waals surface area contributed by atoms with Crippen LogP contribution in [0, 0.1) is 23.2 Å². The molecule has 0 radical (unpaired) electrons. The molecule has 2 unspecified atom stereocenters. The monoisotopic (exact) mass is 544 g/mol. The summed E-state index contributed by atoms with van der Waals surface area (Å²) < 4.78 is 0. The van der Waals surface area contributed by atoms with Gasteiger partial charge in [0.05, 0.1) is 24.2 Å². The normalized spacial score (nSPS) is 13.6. The van der Waals surface area contributed by atoms with E-state index in [-0.39, 0.29) is 18.8 Å². The van der Waals surface area contributed by atoms with Crippen molar-refractivity contribution in [2.75, 3.05) is 6.54 Å². The predicted octanol–water partition coefficient (Wildman–Crippen LogP) is -0.0306. The first-order chi connectivity index (χ1) is 18.3. The molecule has 212 valence electrons. The number of rotatable bonds is 15. The molecule has 1 rings (SSSR count). The molecule has 5 amide bonds. The lowest BCUT2D eigenvalue weighted by atomic mass is 9.94. The largest absolute Gasteiger partial charge is 0.465 e. The number of nitrogens with two attached hydrogens (primary N) is 1. The first-order valence-electron chi connectivity index (χ1n) is 12.5. The predicted molar refractivity (Wildman–Crippen MR) is 140 cm³/mol. The molecule has 0 aromatic heterocycles. The van der Waals surface area contributed by atoms with Crippen molar-refractivity contribution in [1.82, 2.24) is 21.3 Å². The number of Topliss-reactive ketones (excluding diaryl/α,β-unsaturated/α-hetero) is 1. The number of ketones is 1. The Balaban J connectivity index is 2.83. The Morgan fingerprint density at radius 1 is 0.974 bits per heavy atom. The molecule has 0 aliphatic rings. The standard InChI is InChI=1S/C26H36N6O7/c1-5-15(4)21(32-24(36)19(10-14(2)3)31-26(38)39)22(34)25(37)29-13-20(33)30-18(23(28)35)11-16-6-8-17(12-27)9-7-16/h6-9,14-15,18-19,21,31H,5,10-11,13H2,1-4H3,(H2,28,35)(H,29,37)(H,30,33)(H,32,36)(H,38,39)/t15-,18?,19-,21?/m0/s1. The van der Waals surface area contributed by atoms with Crippen molar-refractivity contribution in [3.8, 4) is 6.07 Å². The molecule has 7 N–H and O–H groups in total. The third kappa shape index (κ3) is 11.2. The maximum atomic E-state index is 12.9. The lowest BCUT2D eigenvalue weighted by molar-refractivity contribution is -0.141. The van der Waals surface area contributed by atoms with Crippen molar-refractivity contribution in [3.63, 3.8) is 0 Å². The maximum absolute atomic E-state index is 12.9. The van der Waals surface area contributed by atoms with E-state index in [1.165, 1.54) is 0 Å². The molecule has 13 heteroatoms. The minimum Gasteiger partial charge on any atom is -0.465 e. The van der Waals surface area contributed by atoms with Gasteiger partial charge in [0.25, 0.3) is 5.91 Å². The van der Waals surface area contributed by atoms with Gasteiger partial charge in [-0.25, -0.2) is 4.79 Å². The quantitative estimate of drug-likeness (QED) is 0.164. The van der Waals surface area contributed by atoms with E-state index in [2.05, 4.69) is 21.3 Å². The fourth-order valence-corrected chi connectivity index (χ4v) is 3.62. The number of nitrogens with zero attached hydrogens (tertiary/aromatic N) is 1. The molecule has 1 aromatic carbocycles. The van der Waals surface area contributed by atoms with Gasteiger partial charge in [0.15, 0.2) is 0 Å². The van der Waals surface area contributed by atoms with Crippen molar-refractivity contribution in [3.05, 3.63) is 35.4 Å². The van der Waals surface area contributed by atoms with Gasteiger partial charge in [-0.2, -0.15) is 5.26 Å². The van der Waals surface area contributed by atoms with E-state index < -0.39 is 66.1 Å². The number of carboxylic acid groups (broad SMARTS) is 1. The lowest BCUT2D eigenvalue weighted by Gasteiger charge is -2.26. The van der Waals surface area contributed by atoms with Crippen molar-refractivity contribution >= 4 is 35.5 Å². The maximum Gasteiger partial charge on any atom is 0.405 e. The fourth-order valence-electron chi connectivity index (χ4n) is 3.62. The van der Waals surface area contributed by atoms with Crippen LogP contribution in [0.2, 0.25) is 0 Å². The lowest BCUT2D eigenvalue weighted by Crippen LogP contribution is -2.56. The van der Waals surface area contributed by atoms with Crippen LogP contribution in [0.3, 0.4) is 0 Å². The van der Waals surface area contributed by atoms with E-state index in [0.717, 1.165) is 0 Å². The number of nitrogens with one attached hydrogen (secondary N) is 4. The zero-order valence-electron chi connectivity index (χ0n) is 22.4. The van der Waals surface area contributed by atoms with Crippen LogP contribution in [0.15, 0.2) is 24.3 Å². The Hall–Kier alpha value is -4.47. The molecule has 4 atom stereocenters. The van der Waals surface area contributed by atoms with Crippen molar-refractivity contribution in [1.29, 1.82) is 5.26 Å². The summed E-state index contributed by atoms with van der Waals surface area (Å²) in [6, 6.07) is 4.81. The average Bonchev–Trinajstić information content (AvgIpc) is 2.88. The second-order valence-corrected chi connectivity index (χ2v) is 9.59. The number of primary amides is 1. The van der Waals surface area contributed by atoms with Crippen LogP contribution in [0.1, 0.15) is 51.7 Å². The molecule has 0 saturated heterocycles. The van der Waals surface area contributed by atoms with Gasteiger partial charge in [-0.05, 0) is 36.0 Å². The Kier molecular flexibility index (Phi) is 13.1. The van der Waals surface area contributed by atoms with Gasteiger partial charge in [-0.3, -0.25) is 24.0 Å². The second-order valence-electron chi connectivity index (χ2n) is 9.59. The Morgan fingerprint density at radius 2 is 1.59 bits per heavy atom. The SMILES string of the molecule is CC[C@H](C)C(NC(=O)[C@H](CC(C)C)NC(=O)O)C(=O)C(=O)NCC(=O)NC(Cc1ccc(C#N)cc1)C(N)=O. The summed E-state index contributed by atoms with van der Waals surface area (Å²) in [7, 11) is 0. The van der Waals surface area contributed by atoms with Crippen LogP contribution in [-0.4, -0.2) is 65.3 Å². The molecule has 0 spiro atoms. The number of carbonyl (C=O) groups excluding carboxylic acids is 5. The number of nitriles is 1. The van der Waals surface area contributed by atoms with Crippen LogP contribution in [-0.2, 0) is 30.4 Å². The molecule has 0 saturated carbocycles. The molecule has 0 aliphatic carbocycles. The van der Waals surface area contributed by atoms with Crippen LogP contribution in [0.25, 0.3) is 0 Å². The summed E-state index contributed by atoms with van der Waals surface area (Å²) in [5.74, 6) is -4.99. The number of benzene rings is 1. The van der Waals surface area contributed by atoms with Gasteiger partial charge >= 0.3 is 6.09 Å². The average molecular weight is 545 g/mol. The molecule has 0 aliphatic heterocycles. The van der Waals surface area contributed by atoms with Gasteiger partial charge in [0.1, 0.15) is 12.1 Å². The van der Waals surface area contributed by atoms with Gasteiger partial charge in [-0.1, -0.05) is 46.2 Å². The molecular formula is C26H36N6O7. The summed E-state index contributed by atoms with van der Waals surface area (Å²) in [5.41, 5.74) is 6.44. The third-order valence-corrected chi connectivity index (χ3v) is 5.95. The first kappa shape index (κ1) is 32.6. The van der Waals surface area contributed by atoms with E-state index in [0.29, 0.717) is 17.5 Å². The molecule has 39 heavy (non-hydrogen) atoms. The highest BCUT2D eigenvalue weighted by atomic mass is 16.4. The summed E-state index contributed by atoms with van der Waals surface area (Å²) in [4.78, 5) is 73.5. The van der Waals surface area contributed by atoms with E-state index in [1.807, 2.05) is 6.07 Å². The van der Waals surface area contributed by atoms with E-state index in [9.17, 15) is 28.8 Å². The van der Waals surface area contributed by atoms with E-state index >= 15 is 0 Å². The Labute approximate surface area is 226 Å². The molecular weight excluding hydrogens is 508 g/mol. The minimum absolute atomic E-state index is 0.0340. The zero-order chi connectivity index (χ0) is 29.7. The van der Waals surface area contributed by atoms with Gasteiger partial charge < -0.3 is 32.1 Å². The molecule has 1 aromatic rings. The van der Waals surface area contributed by atoms with Gasteiger partial charge in [-0.15, -0.1) is 0 Å². The highest BCUT2D eigenvalue weighted by Crippen LogP contribution is 2.12. The topological polar surface area (TPSA) is 221 Å². The fraction of sp³-hybridized carbons (Fsp3) is 0.500. The zero-order valence-corrected chi connectivity index (χ0v) is 22.4. The molecule has 0 heterocycles. The molecule has 0 bridgehead atoms. The number of hydrogen-bond donors (Lipinski definition) is 6. The Morgan fingerprint density at radius 3 is 2.08 bits per heavy atom. The third-order valence-electron chi connectivity index (χ3n) is 5.95. The summed E-state index contributed by atoms with van der Waals surface area (Å²) in [6.45, 7) is 6.35. The van der Waals surface area contributed by atoms with Crippen LogP contribution < -0.4 is 27.0 Å². The Bertz CT molecular complexity index is 1100. The van der Waals surface area contributed by atoms with Crippen molar-refractivity contribution in [2.24, 2.45) is 17.6 Å². The molecule has 13 nitrogen and oxygen atoms in total. The highest BCUT2D eigenvalue weighted by molar-refractivity contribution is 6.38. The number of hydrogen-bond acceptors (Lipinski definition) is 7.